The summed E-state index contributed by atoms with van der Waals surface area (Å²) in [6.07, 6.45) is 4.79. The van der Waals surface area contributed by atoms with E-state index in [2.05, 4.69) is 25.7 Å². The van der Waals surface area contributed by atoms with Gasteiger partial charge in [0.2, 0.25) is 0 Å². The second-order valence-corrected chi connectivity index (χ2v) is 5.68. The Labute approximate surface area is 147 Å². The molecule has 2 N–H and O–H groups in total. The van der Waals surface area contributed by atoms with Gasteiger partial charge in [-0.1, -0.05) is 29.3 Å². The van der Waals surface area contributed by atoms with Crippen molar-refractivity contribution in [3.8, 4) is 11.3 Å². The van der Waals surface area contributed by atoms with Gasteiger partial charge in [0.25, 0.3) is 5.91 Å². The molecule has 0 saturated carbocycles. The van der Waals surface area contributed by atoms with Crippen LogP contribution in [0.15, 0.2) is 53.9 Å². The van der Waals surface area contributed by atoms with Crippen molar-refractivity contribution in [2.24, 2.45) is 5.10 Å². The molecule has 0 bridgehead atoms. The minimum Gasteiger partial charge on any atom is -0.272 e. The van der Waals surface area contributed by atoms with E-state index in [4.69, 9.17) is 23.2 Å². The van der Waals surface area contributed by atoms with E-state index in [9.17, 15) is 4.79 Å². The largest absolute Gasteiger partial charge is 0.289 e. The minimum atomic E-state index is -0.415. The summed E-state index contributed by atoms with van der Waals surface area (Å²) in [4.78, 5) is 16.0. The van der Waals surface area contributed by atoms with Crippen molar-refractivity contribution >= 4 is 35.3 Å². The lowest BCUT2D eigenvalue weighted by molar-refractivity contribution is 0.0950. The number of benzene rings is 1. The predicted molar refractivity (Wildman–Crippen MR) is 93.3 cm³/mol. The third-order valence-electron chi connectivity index (χ3n) is 3.04. The van der Waals surface area contributed by atoms with E-state index in [0.717, 1.165) is 5.56 Å². The van der Waals surface area contributed by atoms with Crippen LogP contribution in [0.3, 0.4) is 0 Å². The summed E-state index contributed by atoms with van der Waals surface area (Å²) < 4.78 is 0. The topological polar surface area (TPSA) is 83.0 Å². The smallest absolute Gasteiger partial charge is 0.272 e. The number of amides is 1. The van der Waals surface area contributed by atoms with Crippen LogP contribution in [-0.4, -0.2) is 27.3 Å². The van der Waals surface area contributed by atoms with Crippen molar-refractivity contribution in [3.05, 3.63) is 70.1 Å². The Morgan fingerprint density at radius 2 is 2.00 bits per heavy atom. The van der Waals surface area contributed by atoms with Gasteiger partial charge in [0.05, 0.1) is 11.9 Å². The third-order valence-corrected chi connectivity index (χ3v) is 3.48. The number of aromatic nitrogens is 3. The van der Waals surface area contributed by atoms with E-state index in [1.165, 1.54) is 6.21 Å². The molecule has 0 fully saturated rings. The van der Waals surface area contributed by atoms with Crippen molar-refractivity contribution in [3.63, 3.8) is 0 Å². The Morgan fingerprint density at radius 3 is 2.71 bits per heavy atom. The number of hydrogen-bond donors (Lipinski definition) is 2. The van der Waals surface area contributed by atoms with Crippen molar-refractivity contribution < 1.29 is 4.79 Å². The van der Waals surface area contributed by atoms with Gasteiger partial charge >= 0.3 is 0 Å². The standard InChI is InChI=1S/C16H11Cl2N5O/c17-12-4-11(5-13(18)6-12)14-7-15(22-21-14)16(24)23-20-9-10-2-1-3-19-8-10/h1-9H,(H,21,22)(H,23,24)/b20-9+. The van der Waals surface area contributed by atoms with Gasteiger partial charge in [-0.15, -0.1) is 0 Å². The predicted octanol–water partition coefficient (Wildman–Crippen LogP) is 3.54. The first-order chi connectivity index (χ1) is 11.6. The number of H-pyrrole nitrogens is 1. The van der Waals surface area contributed by atoms with Gasteiger partial charge in [0.15, 0.2) is 0 Å². The average molecular weight is 360 g/mol. The molecule has 120 valence electrons. The van der Waals surface area contributed by atoms with Crippen molar-refractivity contribution in [2.75, 3.05) is 0 Å². The Morgan fingerprint density at radius 1 is 1.21 bits per heavy atom. The lowest BCUT2D eigenvalue weighted by atomic mass is 10.1. The number of rotatable bonds is 4. The van der Waals surface area contributed by atoms with Crippen LogP contribution in [0.2, 0.25) is 10.0 Å². The van der Waals surface area contributed by atoms with E-state index in [1.807, 2.05) is 6.07 Å². The molecule has 1 aromatic carbocycles. The molecular weight excluding hydrogens is 349 g/mol. The molecule has 6 nitrogen and oxygen atoms in total. The van der Waals surface area contributed by atoms with E-state index in [-0.39, 0.29) is 5.69 Å². The maximum absolute atomic E-state index is 12.0. The highest BCUT2D eigenvalue weighted by molar-refractivity contribution is 6.35. The molecule has 0 spiro atoms. The summed E-state index contributed by atoms with van der Waals surface area (Å²) in [7, 11) is 0. The van der Waals surface area contributed by atoms with Crippen LogP contribution >= 0.6 is 23.2 Å². The highest BCUT2D eigenvalue weighted by Crippen LogP contribution is 2.26. The molecule has 8 heteroatoms. The first-order valence-corrected chi connectivity index (χ1v) is 7.63. The van der Waals surface area contributed by atoms with Crippen LogP contribution in [0.5, 0.6) is 0 Å². The first kappa shape index (κ1) is 16.2. The van der Waals surface area contributed by atoms with Crippen LogP contribution < -0.4 is 5.43 Å². The monoisotopic (exact) mass is 359 g/mol. The molecule has 24 heavy (non-hydrogen) atoms. The highest BCUT2D eigenvalue weighted by Gasteiger charge is 2.11. The third kappa shape index (κ3) is 3.98. The molecule has 3 aromatic rings. The molecule has 0 unspecified atom stereocenters. The number of hydrazone groups is 1. The molecule has 3 rings (SSSR count). The molecule has 0 atom stereocenters. The normalized spacial score (nSPS) is 10.9. The summed E-state index contributed by atoms with van der Waals surface area (Å²) in [5.41, 5.74) is 4.72. The van der Waals surface area contributed by atoms with Gasteiger partial charge in [0, 0.05) is 33.6 Å². The SMILES string of the molecule is O=C(N/N=C/c1cccnc1)c1cc(-c2cc(Cl)cc(Cl)c2)n[nH]1. The average Bonchev–Trinajstić information content (AvgIpc) is 3.05. The van der Waals surface area contributed by atoms with Gasteiger partial charge in [-0.3, -0.25) is 14.9 Å². The van der Waals surface area contributed by atoms with Gasteiger partial charge in [-0.05, 0) is 30.3 Å². The summed E-state index contributed by atoms with van der Waals surface area (Å²) in [5.74, 6) is -0.415. The number of carbonyl (C=O) groups is 1. The van der Waals surface area contributed by atoms with Crippen LogP contribution in [-0.2, 0) is 0 Å². The Balaban J connectivity index is 1.71. The molecule has 0 aliphatic heterocycles. The second kappa shape index (κ2) is 7.25. The summed E-state index contributed by atoms with van der Waals surface area (Å²) >= 11 is 11.9. The number of hydrogen-bond acceptors (Lipinski definition) is 4. The molecule has 2 heterocycles. The fourth-order valence-corrected chi connectivity index (χ4v) is 2.49. The van der Waals surface area contributed by atoms with Gasteiger partial charge < -0.3 is 0 Å². The van der Waals surface area contributed by atoms with Crippen molar-refractivity contribution in [1.82, 2.24) is 20.6 Å². The number of aromatic amines is 1. The number of pyridine rings is 1. The van der Waals surface area contributed by atoms with E-state index in [1.54, 1.807) is 42.7 Å². The summed E-state index contributed by atoms with van der Waals surface area (Å²) in [6, 6.07) is 10.2. The Kier molecular flexibility index (Phi) is 4.88. The zero-order valence-corrected chi connectivity index (χ0v) is 13.7. The Hall–Kier alpha value is -2.70. The van der Waals surface area contributed by atoms with E-state index in [0.29, 0.717) is 21.3 Å². The number of carbonyl (C=O) groups excluding carboxylic acids is 1. The van der Waals surface area contributed by atoms with Gasteiger partial charge in [-0.2, -0.15) is 10.2 Å². The maximum atomic E-state index is 12.0. The molecule has 0 radical (unpaired) electrons. The maximum Gasteiger partial charge on any atom is 0.289 e. The highest BCUT2D eigenvalue weighted by atomic mass is 35.5. The van der Waals surface area contributed by atoms with Gasteiger partial charge in [0.1, 0.15) is 5.69 Å². The van der Waals surface area contributed by atoms with Crippen molar-refractivity contribution in [2.45, 2.75) is 0 Å². The summed E-state index contributed by atoms with van der Waals surface area (Å²) in [5, 5.41) is 11.6. The first-order valence-electron chi connectivity index (χ1n) is 6.87. The van der Waals surface area contributed by atoms with Crippen molar-refractivity contribution in [1.29, 1.82) is 0 Å². The number of nitrogens with zero attached hydrogens (tertiary/aromatic N) is 3. The lowest BCUT2D eigenvalue weighted by Crippen LogP contribution is -2.18. The molecule has 0 aliphatic rings. The van der Waals surface area contributed by atoms with E-state index < -0.39 is 5.91 Å². The van der Waals surface area contributed by atoms with Crippen LogP contribution in [0.1, 0.15) is 16.1 Å². The fraction of sp³-hybridized carbons (Fsp3) is 0. The zero-order valence-electron chi connectivity index (χ0n) is 12.2. The molecule has 1 amide bonds. The minimum absolute atomic E-state index is 0.268. The van der Waals surface area contributed by atoms with Crippen LogP contribution in [0.4, 0.5) is 0 Å². The molecular formula is C16H11Cl2N5O. The summed E-state index contributed by atoms with van der Waals surface area (Å²) in [6.45, 7) is 0. The van der Waals surface area contributed by atoms with Crippen LogP contribution in [0, 0.1) is 0 Å². The lowest BCUT2D eigenvalue weighted by Gasteiger charge is -1.98. The Bertz CT molecular complexity index is 872. The molecule has 0 saturated heterocycles. The fourth-order valence-electron chi connectivity index (χ4n) is 1.97. The molecule has 2 aromatic heterocycles. The molecule has 0 aliphatic carbocycles. The van der Waals surface area contributed by atoms with Gasteiger partial charge in [-0.25, -0.2) is 5.43 Å². The number of nitrogens with one attached hydrogen (secondary N) is 2. The quantitative estimate of drug-likeness (QED) is 0.551. The van der Waals surface area contributed by atoms with Crippen LogP contribution in [0.25, 0.3) is 11.3 Å². The number of halogens is 2. The second-order valence-electron chi connectivity index (χ2n) is 4.81. The van der Waals surface area contributed by atoms with E-state index >= 15 is 0 Å². The zero-order chi connectivity index (χ0) is 16.9.